The normalized spacial score (nSPS) is 11.2. The summed E-state index contributed by atoms with van der Waals surface area (Å²) >= 11 is 0. The summed E-state index contributed by atoms with van der Waals surface area (Å²) in [6.07, 6.45) is 6.32. The van der Waals surface area contributed by atoms with Crippen LogP contribution in [0.4, 0.5) is 0 Å². The van der Waals surface area contributed by atoms with Crippen LogP contribution in [-0.4, -0.2) is 29.8 Å². The van der Waals surface area contributed by atoms with Crippen LogP contribution >= 0.6 is 0 Å². The fourth-order valence-electron chi connectivity index (χ4n) is 1.76. The van der Waals surface area contributed by atoms with Gasteiger partial charge in [0.1, 0.15) is 0 Å². The van der Waals surface area contributed by atoms with E-state index in [1.54, 1.807) is 12.3 Å². The molecule has 0 atom stereocenters. The lowest BCUT2D eigenvalue weighted by atomic mass is 10.1. The molecule has 1 aromatic heterocycles. The Hall–Kier alpha value is -2.14. The molecule has 2 rings (SSSR count). The van der Waals surface area contributed by atoms with Crippen molar-refractivity contribution in [2.75, 3.05) is 13.7 Å². The highest BCUT2D eigenvalue weighted by atomic mass is 16.5. The number of aromatic amines is 1. The summed E-state index contributed by atoms with van der Waals surface area (Å²) in [5.74, 6) is -0.365. The van der Waals surface area contributed by atoms with Gasteiger partial charge in [0.05, 0.1) is 24.4 Å². The van der Waals surface area contributed by atoms with Gasteiger partial charge in [0.2, 0.25) is 0 Å². The minimum absolute atomic E-state index is 0.365. The maximum Gasteiger partial charge on any atom is 0.338 e. The van der Waals surface area contributed by atoms with Crippen molar-refractivity contribution in [2.45, 2.75) is 6.42 Å². The lowest BCUT2D eigenvalue weighted by Gasteiger charge is -2.03. The second kappa shape index (κ2) is 5.46. The molecule has 0 spiro atoms. The summed E-state index contributed by atoms with van der Waals surface area (Å²) in [5, 5.41) is 7.55. The van der Waals surface area contributed by atoms with Crippen molar-refractivity contribution in [1.29, 1.82) is 0 Å². The third-order valence-electron chi connectivity index (χ3n) is 2.63. The number of rotatable bonds is 4. The van der Waals surface area contributed by atoms with Crippen molar-refractivity contribution in [3.05, 3.63) is 35.5 Å². The van der Waals surface area contributed by atoms with Crippen LogP contribution in [0, 0.1) is 0 Å². The van der Waals surface area contributed by atoms with E-state index in [0.29, 0.717) is 12.1 Å². The van der Waals surface area contributed by atoms with Gasteiger partial charge in [-0.3, -0.25) is 5.10 Å². The molecule has 0 radical (unpaired) electrons. The number of hydrogen-bond donors (Lipinski definition) is 2. The molecule has 2 aromatic rings. The molecule has 0 aliphatic carbocycles. The number of aromatic nitrogens is 2. The average molecular weight is 245 g/mol. The molecule has 0 aliphatic rings. The number of carbonyl (C=O) groups excluding carboxylic acids is 1. The number of fused-ring (bicyclic) bond motifs is 1. The third kappa shape index (κ3) is 2.41. The maximum absolute atomic E-state index is 11.7. The molecule has 18 heavy (non-hydrogen) atoms. The van der Waals surface area contributed by atoms with E-state index in [4.69, 9.17) is 10.5 Å². The SMILES string of the molecule is COC(=O)c1cc(C=CCCN)cc2[nH]ncc12. The summed E-state index contributed by atoms with van der Waals surface area (Å²) < 4.78 is 4.77. The van der Waals surface area contributed by atoms with E-state index in [1.807, 2.05) is 18.2 Å². The second-order valence-electron chi connectivity index (χ2n) is 3.87. The molecule has 0 bridgehead atoms. The fraction of sp³-hybridized carbons (Fsp3) is 0.231. The van der Waals surface area contributed by atoms with Gasteiger partial charge >= 0.3 is 5.97 Å². The molecular weight excluding hydrogens is 230 g/mol. The van der Waals surface area contributed by atoms with Gasteiger partial charge in [-0.2, -0.15) is 5.10 Å². The molecule has 5 nitrogen and oxygen atoms in total. The number of hydrogen-bond acceptors (Lipinski definition) is 4. The number of methoxy groups -OCH3 is 1. The topological polar surface area (TPSA) is 81.0 Å². The zero-order chi connectivity index (χ0) is 13.0. The van der Waals surface area contributed by atoms with E-state index in [0.717, 1.165) is 22.9 Å². The Morgan fingerprint density at radius 1 is 1.56 bits per heavy atom. The third-order valence-corrected chi connectivity index (χ3v) is 2.63. The molecule has 0 aliphatic heterocycles. The first-order valence-electron chi connectivity index (χ1n) is 5.68. The van der Waals surface area contributed by atoms with E-state index in [2.05, 4.69) is 10.2 Å². The van der Waals surface area contributed by atoms with Gasteiger partial charge < -0.3 is 10.5 Å². The summed E-state index contributed by atoms with van der Waals surface area (Å²) in [7, 11) is 1.37. The largest absolute Gasteiger partial charge is 0.465 e. The second-order valence-corrected chi connectivity index (χ2v) is 3.87. The van der Waals surface area contributed by atoms with Gasteiger partial charge in [0.15, 0.2) is 0 Å². The van der Waals surface area contributed by atoms with E-state index in [9.17, 15) is 4.79 Å². The Balaban J connectivity index is 2.47. The van der Waals surface area contributed by atoms with E-state index in [-0.39, 0.29) is 5.97 Å². The van der Waals surface area contributed by atoms with Crippen molar-refractivity contribution >= 4 is 22.9 Å². The molecule has 0 amide bonds. The van der Waals surface area contributed by atoms with E-state index >= 15 is 0 Å². The molecule has 1 aromatic carbocycles. The van der Waals surface area contributed by atoms with Crippen LogP contribution in [0.1, 0.15) is 22.3 Å². The van der Waals surface area contributed by atoms with Gasteiger partial charge in [0, 0.05) is 5.39 Å². The molecule has 1 heterocycles. The number of nitrogens with zero attached hydrogens (tertiary/aromatic N) is 1. The molecule has 94 valence electrons. The predicted molar refractivity (Wildman–Crippen MR) is 70.1 cm³/mol. The molecule has 5 heteroatoms. The quantitative estimate of drug-likeness (QED) is 0.803. The van der Waals surface area contributed by atoms with Crippen LogP contribution in [0.5, 0.6) is 0 Å². The fourth-order valence-corrected chi connectivity index (χ4v) is 1.76. The van der Waals surface area contributed by atoms with Crippen LogP contribution < -0.4 is 5.73 Å². The molecule has 0 saturated heterocycles. The van der Waals surface area contributed by atoms with Crippen LogP contribution in [0.2, 0.25) is 0 Å². The highest BCUT2D eigenvalue weighted by molar-refractivity contribution is 6.04. The van der Waals surface area contributed by atoms with E-state index < -0.39 is 0 Å². The molecule has 3 N–H and O–H groups in total. The Bertz CT molecular complexity index is 587. The first-order chi connectivity index (χ1) is 8.76. The lowest BCUT2D eigenvalue weighted by molar-refractivity contribution is 0.0603. The van der Waals surface area contributed by atoms with Gasteiger partial charge in [-0.15, -0.1) is 0 Å². The molecule has 0 saturated carbocycles. The average Bonchev–Trinajstić information content (AvgIpc) is 2.85. The first-order valence-corrected chi connectivity index (χ1v) is 5.68. The minimum Gasteiger partial charge on any atom is -0.465 e. The Morgan fingerprint density at radius 2 is 2.39 bits per heavy atom. The lowest BCUT2D eigenvalue weighted by Crippen LogP contribution is -2.02. The van der Waals surface area contributed by atoms with Crippen LogP contribution in [-0.2, 0) is 4.74 Å². The smallest absolute Gasteiger partial charge is 0.338 e. The summed E-state index contributed by atoms with van der Waals surface area (Å²) in [4.78, 5) is 11.7. The summed E-state index contributed by atoms with van der Waals surface area (Å²) in [6, 6.07) is 3.72. The highest BCUT2D eigenvalue weighted by Gasteiger charge is 2.12. The first kappa shape index (κ1) is 12.3. The Labute approximate surface area is 105 Å². The van der Waals surface area contributed by atoms with Crippen LogP contribution in [0.25, 0.3) is 17.0 Å². The minimum atomic E-state index is -0.365. The van der Waals surface area contributed by atoms with Crippen molar-refractivity contribution in [1.82, 2.24) is 10.2 Å². The summed E-state index contributed by atoms with van der Waals surface area (Å²) in [6.45, 7) is 0.604. The van der Waals surface area contributed by atoms with Crippen molar-refractivity contribution < 1.29 is 9.53 Å². The number of H-pyrrole nitrogens is 1. The number of ether oxygens (including phenoxy) is 1. The number of carbonyl (C=O) groups is 1. The number of esters is 1. The molecule has 0 unspecified atom stereocenters. The van der Waals surface area contributed by atoms with E-state index in [1.165, 1.54) is 7.11 Å². The molecule has 0 fully saturated rings. The Morgan fingerprint density at radius 3 is 3.11 bits per heavy atom. The van der Waals surface area contributed by atoms with Crippen molar-refractivity contribution in [2.24, 2.45) is 5.73 Å². The van der Waals surface area contributed by atoms with Crippen molar-refractivity contribution in [3.63, 3.8) is 0 Å². The molecular formula is C13H15N3O2. The number of nitrogens with one attached hydrogen (secondary N) is 1. The number of benzene rings is 1. The highest BCUT2D eigenvalue weighted by Crippen LogP contribution is 2.20. The summed E-state index contributed by atoms with van der Waals surface area (Å²) in [5.41, 5.74) is 7.66. The van der Waals surface area contributed by atoms with Gasteiger partial charge in [0.25, 0.3) is 0 Å². The Kier molecular flexibility index (Phi) is 3.74. The van der Waals surface area contributed by atoms with Gasteiger partial charge in [-0.05, 0) is 30.7 Å². The number of nitrogens with two attached hydrogens (primary N) is 1. The van der Waals surface area contributed by atoms with Gasteiger partial charge in [-0.1, -0.05) is 12.2 Å². The van der Waals surface area contributed by atoms with Gasteiger partial charge in [-0.25, -0.2) is 4.79 Å². The van der Waals surface area contributed by atoms with Crippen LogP contribution in [0.15, 0.2) is 24.4 Å². The zero-order valence-electron chi connectivity index (χ0n) is 10.1. The zero-order valence-corrected chi connectivity index (χ0v) is 10.1. The van der Waals surface area contributed by atoms with Crippen molar-refractivity contribution in [3.8, 4) is 0 Å². The van der Waals surface area contributed by atoms with Crippen LogP contribution in [0.3, 0.4) is 0 Å². The standard InChI is InChI=1S/C13H15N3O2/c1-18-13(17)10-6-9(4-2-3-5-14)7-12-11(10)8-15-16-12/h2,4,6-8H,3,5,14H2,1H3,(H,15,16). The maximum atomic E-state index is 11.7. The predicted octanol–water partition coefficient (Wildman–Crippen LogP) is 1.71. The monoisotopic (exact) mass is 245 g/mol.